The molecule has 0 saturated heterocycles. The molecule has 1 aromatic heterocycles. The van der Waals surface area contributed by atoms with Gasteiger partial charge in [-0.3, -0.25) is 9.59 Å². The van der Waals surface area contributed by atoms with E-state index in [1.165, 1.54) is 19.2 Å². The molecule has 3 N–H and O–H groups in total. The molecule has 138 valence electrons. The molecule has 2 rings (SSSR count). The molecule has 0 spiro atoms. The normalized spacial score (nSPS) is 10.3. The second-order valence-corrected chi connectivity index (χ2v) is 4.90. The lowest BCUT2D eigenvalue weighted by atomic mass is 10.2. The Balaban J connectivity index is 1.91. The first-order valence-corrected chi connectivity index (χ1v) is 7.26. The van der Waals surface area contributed by atoms with Crippen LogP contribution in [-0.2, 0) is 9.59 Å². The maximum atomic E-state index is 12.1. The Hall–Kier alpha value is -3.43. The third kappa shape index (κ3) is 5.58. The molecule has 2 aromatic rings. The summed E-state index contributed by atoms with van der Waals surface area (Å²) in [6, 6.07) is 8.08. The fraction of sp³-hybridized carbons (Fsp3) is 0.188. The number of aromatic nitrogens is 1. The standard InChI is InChI=1S/C16H15F2N3O5/c1-25-15-4-2-3-12(21-15)20-14(24)8-13(23)19-9-5-6-11(10(22)7-9)26-16(17)18/h2-7,16,22H,8H2,1H3,(H,19,23)(H,20,21,24). The van der Waals surface area contributed by atoms with Gasteiger partial charge >= 0.3 is 6.61 Å². The number of methoxy groups -OCH3 is 1. The Kier molecular flexibility index (Phi) is 6.25. The van der Waals surface area contributed by atoms with Gasteiger partial charge in [-0.25, -0.2) is 0 Å². The van der Waals surface area contributed by atoms with E-state index in [9.17, 15) is 23.5 Å². The Labute approximate surface area is 146 Å². The van der Waals surface area contributed by atoms with Crippen molar-refractivity contribution in [2.75, 3.05) is 17.7 Å². The Morgan fingerprint density at radius 2 is 1.92 bits per heavy atom. The van der Waals surface area contributed by atoms with Crippen LogP contribution in [0.5, 0.6) is 17.4 Å². The lowest BCUT2D eigenvalue weighted by molar-refractivity contribution is -0.123. The molecule has 0 atom stereocenters. The molecule has 0 fully saturated rings. The van der Waals surface area contributed by atoms with Gasteiger partial charge in [0.15, 0.2) is 11.5 Å². The molecule has 0 aliphatic heterocycles. The van der Waals surface area contributed by atoms with Crippen molar-refractivity contribution in [1.29, 1.82) is 0 Å². The predicted molar refractivity (Wildman–Crippen MR) is 87.4 cm³/mol. The molecule has 0 radical (unpaired) electrons. The van der Waals surface area contributed by atoms with E-state index in [0.29, 0.717) is 5.88 Å². The Bertz CT molecular complexity index is 801. The minimum atomic E-state index is -3.09. The molecular formula is C16H15F2N3O5. The summed E-state index contributed by atoms with van der Waals surface area (Å²) >= 11 is 0. The van der Waals surface area contributed by atoms with Gasteiger partial charge in [-0.2, -0.15) is 13.8 Å². The minimum absolute atomic E-state index is 0.112. The maximum absolute atomic E-state index is 12.1. The Morgan fingerprint density at radius 3 is 2.58 bits per heavy atom. The number of anilines is 2. The molecule has 26 heavy (non-hydrogen) atoms. The number of carbonyl (C=O) groups is 2. The van der Waals surface area contributed by atoms with Crippen molar-refractivity contribution in [3.8, 4) is 17.4 Å². The maximum Gasteiger partial charge on any atom is 0.387 e. The lowest BCUT2D eigenvalue weighted by Crippen LogP contribution is -2.21. The number of aromatic hydroxyl groups is 1. The number of nitrogens with one attached hydrogen (secondary N) is 2. The quantitative estimate of drug-likeness (QED) is 0.648. The molecule has 0 bridgehead atoms. The number of ether oxygens (including phenoxy) is 2. The van der Waals surface area contributed by atoms with Crippen molar-refractivity contribution in [1.82, 2.24) is 4.98 Å². The van der Waals surface area contributed by atoms with E-state index >= 15 is 0 Å². The molecule has 2 amide bonds. The van der Waals surface area contributed by atoms with Gasteiger partial charge in [-0.05, 0) is 18.2 Å². The summed E-state index contributed by atoms with van der Waals surface area (Å²) in [6.45, 7) is -3.09. The summed E-state index contributed by atoms with van der Waals surface area (Å²) in [5.41, 5.74) is 0.112. The summed E-state index contributed by atoms with van der Waals surface area (Å²) in [6.07, 6.45) is -0.519. The SMILES string of the molecule is COc1cccc(NC(=O)CC(=O)Nc2ccc(OC(F)F)c(O)c2)n1. The number of hydrogen-bond acceptors (Lipinski definition) is 6. The molecule has 0 aliphatic carbocycles. The van der Waals surface area contributed by atoms with Crippen LogP contribution >= 0.6 is 0 Å². The number of phenols is 1. The number of alkyl halides is 2. The van der Waals surface area contributed by atoms with Crippen LogP contribution in [0.25, 0.3) is 0 Å². The number of pyridine rings is 1. The zero-order valence-corrected chi connectivity index (χ0v) is 13.5. The summed E-state index contributed by atoms with van der Waals surface area (Å²) in [5.74, 6) is -1.78. The van der Waals surface area contributed by atoms with Crippen LogP contribution in [0.2, 0.25) is 0 Å². The van der Waals surface area contributed by atoms with Gasteiger partial charge in [0.05, 0.1) is 7.11 Å². The van der Waals surface area contributed by atoms with Gasteiger partial charge in [-0.1, -0.05) is 6.07 Å². The van der Waals surface area contributed by atoms with E-state index in [1.54, 1.807) is 12.1 Å². The summed E-state index contributed by atoms with van der Waals surface area (Å²) in [4.78, 5) is 27.7. The van der Waals surface area contributed by atoms with E-state index in [0.717, 1.165) is 12.1 Å². The molecule has 1 aromatic carbocycles. The van der Waals surface area contributed by atoms with E-state index in [1.807, 2.05) is 0 Å². The van der Waals surface area contributed by atoms with Crippen molar-refractivity contribution < 1.29 is 33.0 Å². The van der Waals surface area contributed by atoms with E-state index < -0.39 is 36.3 Å². The van der Waals surface area contributed by atoms with E-state index in [-0.39, 0.29) is 11.5 Å². The van der Waals surface area contributed by atoms with Crippen molar-refractivity contribution in [3.63, 3.8) is 0 Å². The molecule has 8 nitrogen and oxygen atoms in total. The number of benzene rings is 1. The second-order valence-electron chi connectivity index (χ2n) is 4.90. The van der Waals surface area contributed by atoms with Crippen LogP contribution in [0.15, 0.2) is 36.4 Å². The fourth-order valence-corrected chi connectivity index (χ4v) is 1.93. The second kappa shape index (κ2) is 8.60. The largest absolute Gasteiger partial charge is 0.504 e. The summed E-state index contributed by atoms with van der Waals surface area (Å²) in [7, 11) is 1.43. The number of amides is 2. The van der Waals surface area contributed by atoms with Crippen molar-refractivity contribution in [2.45, 2.75) is 13.0 Å². The van der Waals surface area contributed by atoms with Crippen LogP contribution in [0.3, 0.4) is 0 Å². The van der Waals surface area contributed by atoms with Gasteiger partial charge in [0.25, 0.3) is 0 Å². The van der Waals surface area contributed by atoms with Crippen molar-refractivity contribution in [3.05, 3.63) is 36.4 Å². The molecule has 0 unspecified atom stereocenters. The van der Waals surface area contributed by atoms with Crippen LogP contribution in [0.1, 0.15) is 6.42 Å². The monoisotopic (exact) mass is 367 g/mol. The number of halogens is 2. The number of rotatable bonds is 7. The summed E-state index contributed by atoms with van der Waals surface area (Å²) in [5, 5.41) is 14.4. The zero-order valence-electron chi connectivity index (χ0n) is 13.5. The zero-order chi connectivity index (χ0) is 19.1. The van der Waals surface area contributed by atoms with Crippen LogP contribution in [0.4, 0.5) is 20.3 Å². The van der Waals surface area contributed by atoms with Crippen LogP contribution in [-0.4, -0.2) is 35.6 Å². The van der Waals surface area contributed by atoms with Gasteiger partial charge in [0, 0.05) is 17.8 Å². The first-order valence-electron chi connectivity index (χ1n) is 7.26. The predicted octanol–water partition coefficient (Wildman–Crippen LogP) is 2.36. The van der Waals surface area contributed by atoms with Gasteiger partial charge in [-0.15, -0.1) is 0 Å². The van der Waals surface area contributed by atoms with Crippen LogP contribution in [0, 0.1) is 0 Å². The minimum Gasteiger partial charge on any atom is -0.504 e. The highest BCUT2D eigenvalue weighted by atomic mass is 19.3. The lowest BCUT2D eigenvalue weighted by Gasteiger charge is -2.10. The fourth-order valence-electron chi connectivity index (χ4n) is 1.93. The third-order valence-electron chi connectivity index (χ3n) is 2.98. The first-order chi connectivity index (χ1) is 12.4. The molecule has 1 heterocycles. The number of carbonyl (C=O) groups excluding carboxylic acids is 2. The smallest absolute Gasteiger partial charge is 0.387 e. The van der Waals surface area contributed by atoms with Gasteiger partial charge < -0.3 is 25.2 Å². The number of hydrogen-bond donors (Lipinski definition) is 3. The topological polar surface area (TPSA) is 110 Å². The molecular weight excluding hydrogens is 352 g/mol. The average Bonchev–Trinajstić information content (AvgIpc) is 2.57. The average molecular weight is 367 g/mol. The van der Waals surface area contributed by atoms with Crippen molar-refractivity contribution >= 4 is 23.3 Å². The van der Waals surface area contributed by atoms with E-state index in [2.05, 4.69) is 20.4 Å². The third-order valence-corrected chi connectivity index (χ3v) is 2.98. The summed E-state index contributed by atoms with van der Waals surface area (Å²) < 4.78 is 33.2. The highest BCUT2D eigenvalue weighted by Gasteiger charge is 2.13. The van der Waals surface area contributed by atoms with E-state index in [4.69, 9.17) is 4.74 Å². The Morgan fingerprint density at radius 1 is 1.19 bits per heavy atom. The van der Waals surface area contributed by atoms with Gasteiger partial charge in [0.1, 0.15) is 12.2 Å². The highest BCUT2D eigenvalue weighted by molar-refractivity contribution is 6.07. The number of nitrogens with zero attached hydrogens (tertiary/aromatic N) is 1. The first kappa shape index (κ1) is 18.9. The highest BCUT2D eigenvalue weighted by Crippen LogP contribution is 2.30. The molecule has 0 aliphatic rings. The molecule has 0 saturated carbocycles. The van der Waals surface area contributed by atoms with Crippen molar-refractivity contribution in [2.24, 2.45) is 0 Å². The van der Waals surface area contributed by atoms with Gasteiger partial charge in [0.2, 0.25) is 17.7 Å². The molecule has 10 heteroatoms. The number of phenolic OH excluding ortho intramolecular Hbond substituents is 1. The van der Waals surface area contributed by atoms with Crippen LogP contribution < -0.4 is 20.1 Å².